The predicted octanol–water partition coefficient (Wildman–Crippen LogP) is 4.16. The van der Waals surface area contributed by atoms with Gasteiger partial charge in [0.25, 0.3) is 0 Å². The molecule has 144 valence electrons. The van der Waals surface area contributed by atoms with Gasteiger partial charge in [-0.3, -0.25) is 0 Å². The van der Waals surface area contributed by atoms with Crippen LogP contribution >= 0.6 is 47.0 Å². The average Bonchev–Trinajstić information content (AvgIpc) is 2.58. The summed E-state index contributed by atoms with van der Waals surface area (Å²) in [5, 5.41) is 7.35. The van der Waals surface area contributed by atoms with E-state index in [-0.39, 0.29) is 0 Å². The monoisotopic (exact) mass is 410 g/mol. The van der Waals surface area contributed by atoms with Crippen molar-refractivity contribution in [1.29, 1.82) is 0 Å². The Bertz CT molecular complexity index is 289. The second-order valence-electron chi connectivity index (χ2n) is 6.91. The van der Waals surface area contributed by atoms with E-state index in [2.05, 4.69) is 59.2 Å². The summed E-state index contributed by atoms with van der Waals surface area (Å²) in [4.78, 5) is 0. The molecule has 2 unspecified atom stereocenters. The van der Waals surface area contributed by atoms with Crippen LogP contribution < -0.4 is 10.6 Å². The van der Waals surface area contributed by atoms with E-state index < -0.39 is 0 Å². The fourth-order valence-electron chi connectivity index (χ4n) is 4.01. The van der Waals surface area contributed by atoms with Crippen molar-refractivity contribution in [2.45, 2.75) is 25.7 Å². The number of hydrogen-bond donors (Lipinski definition) is 2. The second-order valence-corrected chi connectivity index (χ2v) is 10.6. The van der Waals surface area contributed by atoms with Crippen LogP contribution in [-0.2, 0) is 0 Å². The normalized spacial score (nSPS) is 26.5. The summed E-state index contributed by atoms with van der Waals surface area (Å²) in [5.41, 5.74) is 1.12. The Kier molecular flexibility index (Phi) is 13.1. The lowest BCUT2D eigenvalue weighted by Crippen LogP contribution is -2.56. The van der Waals surface area contributed by atoms with Gasteiger partial charge in [0.15, 0.2) is 0 Å². The summed E-state index contributed by atoms with van der Waals surface area (Å²) in [6, 6.07) is 0. The molecule has 2 atom stereocenters. The summed E-state index contributed by atoms with van der Waals surface area (Å²) in [6.07, 6.45) is 14.5. The Morgan fingerprint density at radius 2 is 1.04 bits per heavy atom. The summed E-state index contributed by atoms with van der Waals surface area (Å²) < 4.78 is 0. The molecule has 0 aromatic rings. The highest BCUT2D eigenvalue weighted by atomic mass is 32.2. The van der Waals surface area contributed by atoms with Crippen LogP contribution in [0.25, 0.3) is 0 Å². The minimum atomic E-state index is 0.559. The van der Waals surface area contributed by atoms with Gasteiger partial charge in [0, 0.05) is 24.6 Å². The first-order valence-corrected chi connectivity index (χ1v) is 14.6. The SMILES string of the molecule is CSCCNCCC1(CSC)CCC1(CCNCCSC)CSC. The molecule has 0 saturated heterocycles. The van der Waals surface area contributed by atoms with E-state index in [9.17, 15) is 0 Å². The largest absolute Gasteiger partial charge is 0.316 e. The van der Waals surface area contributed by atoms with Crippen LogP contribution in [0.5, 0.6) is 0 Å². The lowest BCUT2D eigenvalue weighted by Gasteiger charge is -2.60. The van der Waals surface area contributed by atoms with Crippen LogP contribution in [0.1, 0.15) is 25.7 Å². The molecule has 1 fully saturated rings. The average molecular weight is 411 g/mol. The van der Waals surface area contributed by atoms with Gasteiger partial charge in [-0.2, -0.15) is 47.0 Å². The molecule has 0 spiro atoms. The molecule has 0 bridgehead atoms. The van der Waals surface area contributed by atoms with E-state index in [0.717, 1.165) is 13.1 Å². The molecule has 0 aliphatic heterocycles. The molecule has 0 heterocycles. The third-order valence-electron chi connectivity index (χ3n) is 5.57. The molecular formula is C18H38N2S4. The minimum Gasteiger partial charge on any atom is -0.316 e. The third kappa shape index (κ3) is 6.80. The van der Waals surface area contributed by atoms with Gasteiger partial charge in [0.1, 0.15) is 0 Å². The Morgan fingerprint density at radius 1 is 0.625 bits per heavy atom. The quantitative estimate of drug-likeness (QED) is 0.371. The van der Waals surface area contributed by atoms with E-state index >= 15 is 0 Å². The van der Waals surface area contributed by atoms with Crippen molar-refractivity contribution in [3.8, 4) is 0 Å². The highest BCUT2D eigenvalue weighted by Gasteiger charge is 2.56. The number of rotatable bonds is 16. The first kappa shape index (κ1) is 23.4. The van der Waals surface area contributed by atoms with E-state index in [1.165, 1.54) is 61.8 Å². The highest BCUT2D eigenvalue weighted by molar-refractivity contribution is 7.99. The smallest absolute Gasteiger partial charge is 0.00553 e. The van der Waals surface area contributed by atoms with Gasteiger partial charge >= 0.3 is 0 Å². The zero-order chi connectivity index (χ0) is 17.7. The topological polar surface area (TPSA) is 24.1 Å². The van der Waals surface area contributed by atoms with Crippen molar-refractivity contribution in [2.24, 2.45) is 10.8 Å². The van der Waals surface area contributed by atoms with Gasteiger partial charge in [-0.1, -0.05) is 0 Å². The molecule has 1 rings (SSSR count). The highest BCUT2D eigenvalue weighted by Crippen LogP contribution is 2.62. The van der Waals surface area contributed by atoms with E-state index in [1.54, 1.807) is 0 Å². The summed E-state index contributed by atoms with van der Waals surface area (Å²) >= 11 is 8.00. The zero-order valence-electron chi connectivity index (χ0n) is 16.1. The number of hydrogen-bond acceptors (Lipinski definition) is 6. The molecule has 0 amide bonds. The van der Waals surface area contributed by atoms with Crippen LogP contribution in [0.15, 0.2) is 0 Å². The molecule has 2 nitrogen and oxygen atoms in total. The standard InChI is InChI=1S/C18H38N2S4/c1-21-13-11-19-9-7-17(15-23-3)5-6-18(17,16-24-4)8-10-20-12-14-22-2/h19-20H,5-16H2,1-4H3. The van der Waals surface area contributed by atoms with Crippen LogP contribution in [0.3, 0.4) is 0 Å². The van der Waals surface area contributed by atoms with Crippen LogP contribution in [0.4, 0.5) is 0 Å². The summed E-state index contributed by atoms with van der Waals surface area (Å²) in [7, 11) is 0. The molecule has 1 aliphatic carbocycles. The van der Waals surface area contributed by atoms with Crippen LogP contribution in [-0.4, -0.2) is 74.2 Å². The van der Waals surface area contributed by atoms with E-state index in [4.69, 9.17) is 0 Å². The van der Waals surface area contributed by atoms with E-state index in [1.807, 2.05) is 23.5 Å². The maximum Gasteiger partial charge on any atom is 0.00553 e. The third-order valence-corrected chi connectivity index (χ3v) is 8.48. The van der Waals surface area contributed by atoms with Crippen molar-refractivity contribution in [2.75, 3.05) is 74.2 Å². The predicted molar refractivity (Wildman–Crippen MR) is 123 cm³/mol. The molecule has 0 aromatic heterocycles. The molecule has 1 saturated carbocycles. The second kappa shape index (κ2) is 13.5. The van der Waals surface area contributed by atoms with Gasteiger partial charge in [-0.25, -0.2) is 0 Å². The number of nitrogens with one attached hydrogen (secondary N) is 2. The first-order valence-electron chi connectivity index (χ1n) is 9.07. The zero-order valence-corrected chi connectivity index (χ0v) is 19.4. The Hall–Kier alpha value is 1.32. The minimum absolute atomic E-state index is 0.559. The Morgan fingerprint density at radius 3 is 1.33 bits per heavy atom. The van der Waals surface area contributed by atoms with Crippen LogP contribution in [0.2, 0.25) is 0 Å². The number of thioether (sulfide) groups is 4. The molecule has 24 heavy (non-hydrogen) atoms. The Balaban J connectivity index is 2.57. The van der Waals surface area contributed by atoms with Gasteiger partial charge in [0.2, 0.25) is 0 Å². The maximum absolute atomic E-state index is 3.68. The van der Waals surface area contributed by atoms with Gasteiger partial charge in [-0.15, -0.1) is 0 Å². The van der Waals surface area contributed by atoms with Gasteiger partial charge in [0.05, 0.1) is 0 Å². The lowest BCUT2D eigenvalue weighted by molar-refractivity contribution is -0.0540. The van der Waals surface area contributed by atoms with Crippen LogP contribution in [0, 0.1) is 10.8 Å². The van der Waals surface area contributed by atoms with E-state index in [0.29, 0.717) is 10.8 Å². The fraction of sp³-hybridized carbons (Fsp3) is 1.00. The molecule has 2 N–H and O–H groups in total. The molecule has 1 aliphatic rings. The molecular weight excluding hydrogens is 372 g/mol. The van der Waals surface area contributed by atoms with Crippen molar-refractivity contribution in [3.63, 3.8) is 0 Å². The summed E-state index contributed by atoms with van der Waals surface area (Å²) in [5.74, 6) is 5.13. The molecule has 0 radical (unpaired) electrons. The molecule has 0 aromatic carbocycles. The van der Waals surface area contributed by atoms with Crippen molar-refractivity contribution < 1.29 is 0 Å². The van der Waals surface area contributed by atoms with Gasteiger partial charge in [-0.05, 0) is 86.1 Å². The first-order chi connectivity index (χ1) is 11.7. The lowest BCUT2D eigenvalue weighted by atomic mass is 9.48. The Labute approximate surface area is 168 Å². The van der Waals surface area contributed by atoms with Crippen molar-refractivity contribution in [1.82, 2.24) is 10.6 Å². The maximum atomic E-state index is 3.68. The fourth-order valence-corrected chi connectivity index (χ4v) is 7.01. The molecule has 6 heteroatoms. The van der Waals surface area contributed by atoms with Gasteiger partial charge < -0.3 is 10.6 Å². The summed E-state index contributed by atoms with van der Waals surface area (Å²) in [6.45, 7) is 4.69. The van der Waals surface area contributed by atoms with Crippen molar-refractivity contribution >= 4 is 47.0 Å². The van der Waals surface area contributed by atoms with Crippen molar-refractivity contribution in [3.05, 3.63) is 0 Å².